The number of nitrogens with zero attached hydrogens (tertiary/aromatic N) is 3. The molecule has 1 amide bonds. The normalized spacial score (nSPS) is 12.2. The Hall–Kier alpha value is -4.01. The quantitative estimate of drug-likeness (QED) is 0.617. The van der Waals surface area contributed by atoms with Crippen LogP contribution in [-0.4, -0.2) is 31.5 Å². The maximum Gasteiger partial charge on any atom is 0.355 e. The van der Waals surface area contributed by atoms with E-state index in [1.807, 2.05) is 0 Å². The van der Waals surface area contributed by atoms with Crippen molar-refractivity contribution in [3.8, 4) is 5.69 Å². The van der Waals surface area contributed by atoms with Gasteiger partial charge in [-0.25, -0.2) is 14.2 Å². The Morgan fingerprint density at radius 3 is 1.88 bits per heavy atom. The number of ketones is 1. The van der Waals surface area contributed by atoms with E-state index in [1.165, 1.54) is 12.1 Å². The summed E-state index contributed by atoms with van der Waals surface area (Å²) in [7, 11) is 0. The third-order valence-electron chi connectivity index (χ3n) is 4.81. The molecule has 0 spiro atoms. The third kappa shape index (κ3) is 4.22. The van der Waals surface area contributed by atoms with E-state index in [2.05, 4.69) is 5.32 Å². The smallest absolute Gasteiger partial charge is 0.324 e. The van der Waals surface area contributed by atoms with Crippen molar-refractivity contribution in [2.45, 2.75) is 33.7 Å². The van der Waals surface area contributed by atoms with Crippen LogP contribution in [0.4, 0.5) is 5.69 Å². The zero-order chi connectivity index (χ0) is 23.6. The van der Waals surface area contributed by atoms with Crippen molar-refractivity contribution in [3.05, 3.63) is 81.6 Å². The van der Waals surface area contributed by atoms with Gasteiger partial charge in [-0.2, -0.15) is 9.36 Å². The van der Waals surface area contributed by atoms with Crippen LogP contribution in [0.25, 0.3) is 5.69 Å². The highest BCUT2D eigenvalue weighted by atomic mass is 16.2. The lowest BCUT2D eigenvalue weighted by molar-refractivity contribution is -0.135. The number of benzene rings is 2. The molecule has 0 saturated carbocycles. The molecule has 0 aliphatic rings. The third-order valence-corrected chi connectivity index (χ3v) is 4.81. The summed E-state index contributed by atoms with van der Waals surface area (Å²) in [5.74, 6) is -2.23. The van der Waals surface area contributed by atoms with Gasteiger partial charge in [0.25, 0.3) is 5.91 Å². The van der Waals surface area contributed by atoms with Crippen molar-refractivity contribution in [2.24, 2.45) is 5.41 Å². The van der Waals surface area contributed by atoms with E-state index in [4.69, 9.17) is 0 Å². The van der Waals surface area contributed by atoms with E-state index in [-0.39, 0.29) is 5.69 Å². The predicted molar refractivity (Wildman–Crippen MR) is 119 cm³/mol. The molecule has 32 heavy (non-hydrogen) atoms. The molecule has 2 aromatic carbocycles. The molecular weight excluding hydrogens is 412 g/mol. The lowest BCUT2D eigenvalue weighted by atomic mass is 9.86. The SMILES string of the molecule is CC(=O)n1c(=O)n(C(C(=O)Nc2ccccc2)C(=O)C(C)(C)C)c(=O)n1-c1ccccc1. The number of anilines is 1. The lowest BCUT2D eigenvalue weighted by Gasteiger charge is -2.23. The molecule has 9 heteroatoms. The molecule has 3 rings (SSSR count). The van der Waals surface area contributed by atoms with Crippen molar-refractivity contribution in [2.75, 3.05) is 5.32 Å². The summed E-state index contributed by atoms with van der Waals surface area (Å²) in [5, 5.41) is 2.58. The maximum atomic E-state index is 13.4. The van der Waals surface area contributed by atoms with Gasteiger partial charge in [-0.05, 0) is 24.3 Å². The van der Waals surface area contributed by atoms with Crippen LogP contribution in [0.15, 0.2) is 70.3 Å². The molecule has 0 bridgehead atoms. The Morgan fingerprint density at radius 1 is 0.844 bits per heavy atom. The minimum Gasteiger partial charge on any atom is -0.324 e. The summed E-state index contributed by atoms with van der Waals surface area (Å²) in [5.41, 5.74) is -2.46. The van der Waals surface area contributed by atoms with E-state index in [1.54, 1.807) is 69.3 Å². The highest BCUT2D eigenvalue weighted by Crippen LogP contribution is 2.24. The standard InChI is InChI=1S/C23H24N4O5/c1-15(28)26-21(31)25(22(32)27(26)17-13-9-6-10-14-17)18(19(29)23(2,3)4)20(30)24-16-11-7-5-8-12-16/h5-14,18H,1-4H3,(H,24,30). The summed E-state index contributed by atoms with van der Waals surface area (Å²) in [6.07, 6.45) is 0. The summed E-state index contributed by atoms with van der Waals surface area (Å²) in [4.78, 5) is 65.3. The molecule has 0 aliphatic carbocycles. The van der Waals surface area contributed by atoms with Gasteiger partial charge < -0.3 is 5.32 Å². The molecule has 0 saturated heterocycles. The lowest BCUT2D eigenvalue weighted by Crippen LogP contribution is -2.46. The summed E-state index contributed by atoms with van der Waals surface area (Å²) >= 11 is 0. The average Bonchev–Trinajstić information content (AvgIpc) is 3.00. The first kappa shape index (κ1) is 22.7. The average molecular weight is 436 g/mol. The van der Waals surface area contributed by atoms with Gasteiger partial charge in [-0.3, -0.25) is 14.4 Å². The minimum atomic E-state index is -1.77. The minimum absolute atomic E-state index is 0.244. The van der Waals surface area contributed by atoms with Crippen LogP contribution in [0.2, 0.25) is 0 Å². The van der Waals surface area contributed by atoms with Crippen LogP contribution >= 0.6 is 0 Å². The van der Waals surface area contributed by atoms with Crippen LogP contribution in [0, 0.1) is 5.41 Å². The number of hydrogen-bond donors (Lipinski definition) is 1. The monoisotopic (exact) mass is 436 g/mol. The highest BCUT2D eigenvalue weighted by Gasteiger charge is 2.40. The molecule has 1 N–H and O–H groups in total. The number of para-hydroxylation sites is 2. The summed E-state index contributed by atoms with van der Waals surface area (Å²) in [6, 6.07) is 14.6. The van der Waals surface area contributed by atoms with Crippen molar-refractivity contribution in [1.82, 2.24) is 13.9 Å². The zero-order valence-electron chi connectivity index (χ0n) is 18.2. The first-order chi connectivity index (χ1) is 15.0. The van der Waals surface area contributed by atoms with Crippen molar-refractivity contribution in [1.29, 1.82) is 0 Å². The maximum absolute atomic E-state index is 13.4. The summed E-state index contributed by atoms with van der Waals surface area (Å²) in [6.45, 7) is 5.87. The fourth-order valence-corrected chi connectivity index (χ4v) is 3.24. The van der Waals surface area contributed by atoms with Gasteiger partial charge in [-0.1, -0.05) is 57.2 Å². The number of carbonyl (C=O) groups is 3. The highest BCUT2D eigenvalue weighted by molar-refractivity contribution is 6.10. The van der Waals surface area contributed by atoms with Gasteiger partial charge in [0.05, 0.1) is 5.69 Å². The van der Waals surface area contributed by atoms with Gasteiger partial charge >= 0.3 is 11.4 Å². The molecule has 166 valence electrons. The number of carbonyl (C=O) groups excluding carboxylic acids is 3. The first-order valence-corrected chi connectivity index (χ1v) is 9.97. The van der Waals surface area contributed by atoms with E-state index in [9.17, 15) is 24.0 Å². The topological polar surface area (TPSA) is 112 Å². The van der Waals surface area contributed by atoms with Gasteiger partial charge in [0.2, 0.25) is 5.91 Å². The fourth-order valence-electron chi connectivity index (χ4n) is 3.24. The van der Waals surface area contributed by atoms with Crippen LogP contribution in [0.1, 0.15) is 38.5 Å². The van der Waals surface area contributed by atoms with Crippen molar-refractivity contribution in [3.63, 3.8) is 0 Å². The number of Topliss-reactive ketones (excluding diaryl/α,β-unsaturated/α-hetero) is 1. The molecule has 1 heterocycles. The molecule has 1 unspecified atom stereocenters. The van der Waals surface area contributed by atoms with E-state index in [0.717, 1.165) is 11.6 Å². The fraction of sp³-hybridized carbons (Fsp3) is 0.261. The molecule has 3 aromatic rings. The number of hydrogen-bond acceptors (Lipinski definition) is 5. The molecular formula is C23H24N4O5. The van der Waals surface area contributed by atoms with Crippen LogP contribution < -0.4 is 16.7 Å². The largest absolute Gasteiger partial charge is 0.355 e. The Balaban J connectivity index is 2.27. The first-order valence-electron chi connectivity index (χ1n) is 9.97. The Morgan fingerprint density at radius 2 is 1.38 bits per heavy atom. The van der Waals surface area contributed by atoms with Gasteiger partial charge in [0.15, 0.2) is 11.8 Å². The van der Waals surface area contributed by atoms with Crippen molar-refractivity contribution < 1.29 is 14.4 Å². The van der Waals surface area contributed by atoms with Gasteiger partial charge in [-0.15, -0.1) is 0 Å². The van der Waals surface area contributed by atoms with Crippen LogP contribution in [0.5, 0.6) is 0 Å². The predicted octanol–water partition coefficient (Wildman–Crippen LogP) is 2.26. The second-order valence-corrected chi connectivity index (χ2v) is 8.29. The molecule has 9 nitrogen and oxygen atoms in total. The van der Waals surface area contributed by atoms with E-state index in [0.29, 0.717) is 14.9 Å². The second-order valence-electron chi connectivity index (χ2n) is 8.29. The Kier molecular flexibility index (Phi) is 6.11. The summed E-state index contributed by atoms with van der Waals surface area (Å²) < 4.78 is 2.03. The van der Waals surface area contributed by atoms with Crippen LogP contribution in [-0.2, 0) is 9.59 Å². The zero-order valence-corrected chi connectivity index (χ0v) is 18.2. The number of nitrogens with one attached hydrogen (secondary N) is 1. The molecule has 0 aliphatic heterocycles. The Bertz CT molecular complexity index is 1280. The molecule has 0 fully saturated rings. The Labute approximate surface area is 183 Å². The number of rotatable bonds is 5. The second kappa shape index (κ2) is 8.62. The van der Waals surface area contributed by atoms with Crippen LogP contribution in [0.3, 0.4) is 0 Å². The number of aromatic nitrogens is 3. The molecule has 1 atom stereocenters. The number of amides is 1. The van der Waals surface area contributed by atoms with Gasteiger partial charge in [0.1, 0.15) is 0 Å². The van der Waals surface area contributed by atoms with Gasteiger partial charge in [0, 0.05) is 18.0 Å². The van der Waals surface area contributed by atoms with E-state index < -0.39 is 40.4 Å². The van der Waals surface area contributed by atoms with Crippen molar-refractivity contribution >= 4 is 23.3 Å². The molecule has 0 radical (unpaired) electrons. The van der Waals surface area contributed by atoms with E-state index >= 15 is 0 Å². The molecule has 1 aromatic heterocycles.